The third kappa shape index (κ3) is 1.96. The molecule has 0 saturated carbocycles. The largest absolute Gasteiger partial charge is 0.396 e. The summed E-state index contributed by atoms with van der Waals surface area (Å²) in [6.45, 7) is 0.263. The van der Waals surface area contributed by atoms with E-state index in [1.54, 1.807) is 0 Å². The molecule has 0 heterocycles. The van der Waals surface area contributed by atoms with Crippen molar-refractivity contribution in [2.24, 2.45) is 0 Å². The lowest BCUT2D eigenvalue weighted by Gasteiger charge is -2.15. The molecule has 2 N–H and O–H groups in total. The smallest absolute Gasteiger partial charge is 0.0684 e. The second kappa shape index (κ2) is 4.60. The summed E-state index contributed by atoms with van der Waals surface area (Å²) in [5.74, 6) is 0.210. The third-order valence-electron chi connectivity index (χ3n) is 3.04. The van der Waals surface area contributed by atoms with Crippen LogP contribution >= 0.6 is 0 Å². The Labute approximate surface area is 89.9 Å². The average molecular weight is 204 g/mol. The Hall–Kier alpha value is -1.12. The summed E-state index contributed by atoms with van der Waals surface area (Å²) in [4.78, 5) is 0. The molecule has 1 atom stereocenters. The highest BCUT2D eigenvalue weighted by Crippen LogP contribution is 2.32. The maximum absolute atomic E-state index is 9.34. The summed E-state index contributed by atoms with van der Waals surface area (Å²) in [6, 6.07) is 8.03. The fraction of sp³-hybridized carbons (Fsp3) is 0.385. The van der Waals surface area contributed by atoms with Gasteiger partial charge in [-0.15, -0.1) is 0 Å². The van der Waals surface area contributed by atoms with Crippen molar-refractivity contribution in [2.75, 3.05) is 13.2 Å². The first-order chi connectivity index (χ1) is 7.36. The Morgan fingerprint density at radius 1 is 1.20 bits per heavy atom. The topological polar surface area (TPSA) is 40.5 Å². The molecule has 0 aliphatic heterocycles. The first kappa shape index (κ1) is 10.4. The second-order valence-corrected chi connectivity index (χ2v) is 3.93. The van der Waals surface area contributed by atoms with Gasteiger partial charge in [-0.1, -0.05) is 30.3 Å². The van der Waals surface area contributed by atoms with Crippen LogP contribution in [0.5, 0.6) is 0 Å². The summed E-state index contributed by atoms with van der Waals surface area (Å²) < 4.78 is 0. The molecule has 15 heavy (non-hydrogen) atoms. The van der Waals surface area contributed by atoms with E-state index in [9.17, 15) is 10.2 Å². The quantitative estimate of drug-likeness (QED) is 0.772. The van der Waals surface area contributed by atoms with Crippen molar-refractivity contribution >= 4 is 5.57 Å². The third-order valence-corrected chi connectivity index (χ3v) is 3.04. The zero-order chi connectivity index (χ0) is 10.7. The fourth-order valence-corrected chi connectivity index (χ4v) is 2.21. The van der Waals surface area contributed by atoms with Gasteiger partial charge in [0.05, 0.1) is 6.61 Å². The SMILES string of the molecule is OCC1=CCCC(CO)c2ccccc21. The summed E-state index contributed by atoms with van der Waals surface area (Å²) in [7, 11) is 0. The van der Waals surface area contributed by atoms with Crippen molar-refractivity contribution in [1.29, 1.82) is 0 Å². The first-order valence-corrected chi connectivity index (χ1v) is 5.37. The number of hydrogen-bond acceptors (Lipinski definition) is 2. The van der Waals surface area contributed by atoms with E-state index >= 15 is 0 Å². The van der Waals surface area contributed by atoms with E-state index in [2.05, 4.69) is 6.08 Å². The van der Waals surface area contributed by atoms with Gasteiger partial charge in [0.25, 0.3) is 0 Å². The molecule has 1 aromatic carbocycles. The van der Waals surface area contributed by atoms with E-state index in [4.69, 9.17) is 0 Å². The van der Waals surface area contributed by atoms with Crippen LogP contribution in [-0.4, -0.2) is 23.4 Å². The molecule has 2 rings (SSSR count). The van der Waals surface area contributed by atoms with Crippen LogP contribution in [0.4, 0.5) is 0 Å². The lowest BCUT2D eigenvalue weighted by Crippen LogP contribution is -2.05. The van der Waals surface area contributed by atoms with Crippen LogP contribution < -0.4 is 0 Å². The molecule has 0 bridgehead atoms. The molecule has 0 aromatic heterocycles. The van der Waals surface area contributed by atoms with Crippen molar-refractivity contribution in [2.45, 2.75) is 18.8 Å². The minimum atomic E-state index is 0.0785. The molecular weight excluding hydrogens is 188 g/mol. The molecule has 0 radical (unpaired) electrons. The lowest BCUT2D eigenvalue weighted by molar-refractivity contribution is 0.260. The van der Waals surface area contributed by atoms with Gasteiger partial charge in [-0.2, -0.15) is 0 Å². The zero-order valence-corrected chi connectivity index (χ0v) is 8.69. The van der Waals surface area contributed by atoms with Gasteiger partial charge < -0.3 is 10.2 Å². The van der Waals surface area contributed by atoms with Gasteiger partial charge in [0.1, 0.15) is 0 Å². The van der Waals surface area contributed by atoms with Gasteiger partial charge in [0.2, 0.25) is 0 Å². The van der Waals surface area contributed by atoms with Crippen LogP contribution in [0.15, 0.2) is 30.3 Å². The molecular formula is C13H16O2. The molecule has 0 spiro atoms. The highest BCUT2D eigenvalue weighted by Gasteiger charge is 2.18. The number of aliphatic hydroxyl groups is 2. The Kier molecular flexibility index (Phi) is 3.19. The monoisotopic (exact) mass is 204 g/mol. The lowest BCUT2D eigenvalue weighted by atomic mass is 9.91. The summed E-state index contributed by atoms with van der Waals surface area (Å²) in [5.41, 5.74) is 3.25. The van der Waals surface area contributed by atoms with Gasteiger partial charge in [0, 0.05) is 12.5 Å². The Morgan fingerprint density at radius 2 is 2.00 bits per heavy atom. The van der Waals surface area contributed by atoms with Crippen LogP contribution in [0.2, 0.25) is 0 Å². The molecule has 1 aliphatic rings. The molecule has 0 saturated heterocycles. The van der Waals surface area contributed by atoms with Crippen LogP contribution in [0.25, 0.3) is 5.57 Å². The number of allylic oxidation sites excluding steroid dienone is 1. The predicted molar refractivity (Wildman–Crippen MR) is 60.6 cm³/mol. The highest BCUT2D eigenvalue weighted by molar-refractivity contribution is 5.70. The first-order valence-electron chi connectivity index (χ1n) is 5.37. The molecule has 0 amide bonds. The van der Waals surface area contributed by atoms with Crippen LogP contribution in [0.3, 0.4) is 0 Å². The number of hydrogen-bond donors (Lipinski definition) is 2. The molecule has 0 fully saturated rings. The normalized spacial score (nSPS) is 20.4. The Balaban J connectivity index is 2.48. The number of fused-ring (bicyclic) bond motifs is 1. The van der Waals surface area contributed by atoms with Crippen LogP contribution in [0.1, 0.15) is 29.9 Å². The van der Waals surface area contributed by atoms with Crippen LogP contribution in [0, 0.1) is 0 Å². The Morgan fingerprint density at radius 3 is 2.73 bits per heavy atom. The summed E-state index contributed by atoms with van der Waals surface area (Å²) >= 11 is 0. The number of rotatable bonds is 2. The van der Waals surface area contributed by atoms with Crippen molar-refractivity contribution < 1.29 is 10.2 Å². The molecule has 1 unspecified atom stereocenters. The van der Waals surface area contributed by atoms with Gasteiger partial charge in [-0.05, 0) is 29.5 Å². The van der Waals surface area contributed by atoms with E-state index in [1.165, 1.54) is 0 Å². The fourth-order valence-electron chi connectivity index (χ4n) is 2.21. The maximum Gasteiger partial charge on any atom is 0.0684 e. The van der Waals surface area contributed by atoms with E-state index in [0.717, 1.165) is 29.5 Å². The van der Waals surface area contributed by atoms with E-state index in [1.807, 2.05) is 24.3 Å². The van der Waals surface area contributed by atoms with Crippen molar-refractivity contribution in [3.63, 3.8) is 0 Å². The summed E-state index contributed by atoms with van der Waals surface area (Å²) in [6.07, 6.45) is 3.96. The van der Waals surface area contributed by atoms with Gasteiger partial charge in [-0.25, -0.2) is 0 Å². The van der Waals surface area contributed by atoms with E-state index < -0.39 is 0 Å². The molecule has 2 nitrogen and oxygen atoms in total. The molecule has 2 heteroatoms. The summed E-state index contributed by atoms with van der Waals surface area (Å²) in [5, 5.41) is 18.6. The van der Waals surface area contributed by atoms with Gasteiger partial charge in [-0.3, -0.25) is 0 Å². The van der Waals surface area contributed by atoms with Gasteiger partial charge in [0.15, 0.2) is 0 Å². The Bertz CT molecular complexity index is 369. The van der Waals surface area contributed by atoms with Crippen LogP contribution in [-0.2, 0) is 0 Å². The van der Waals surface area contributed by atoms with E-state index in [0.29, 0.717) is 0 Å². The highest BCUT2D eigenvalue weighted by atomic mass is 16.3. The van der Waals surface area contributed by atoms with E-state index in [-0.39, 0.29) is 19.1 Å². The second-order valence-electron chi connectivity index (χ2n) is 3.93. The molecule has 1 aromatic rings. The zero-order valence-electron chi connectivity index (χ0n) is 8.69. The predicted octanol–water partition coefficient (Wildman–Crippen LogP) is 1.93. The number of benzene rings is 1. The maximum atomic E-state index is 9.34. The molecule has 1 aliphatic carbocycles. The minimum absolute atomic E-state index is 0.0785. The van der Waals surface area contributed by atoms with Crippen molar-refractivity contribution in [3.8, 4) is 0 Å². The van der Waals surface area contributed by atoms with Crippen molar-refractivity contribution in [1.82, 2.24) is 0 Å². The minimum Gasteiger partial charge on any atom is -0.396 e. The number of aliphatic hydroxyl groups excluding tert-OH is 2. The molecule has 80 valence electrons. The van der Waals surface area contributed by atoms with Crippen molar-refractivity contribution in [3.05, 3.63) is 41.5 Å². The van der Waals surface area contributed by atoms with Gasteiger partial charge >= 0.3 is 0 Å². The standard InChI is InChI=1S/C13H16O2/c14-8-10-4-3-5-11(9-15)13-7-2-1-6-12(10)13/h1-2,4,6-7,11,14-15H,3,5,8-9H2. The average Bonchev–Trinajstić information content (AvgIpc) is 2.47.